The van der Waals surface area contributed by atoms with E-state index in [1.165, 1.54) is 10.3 Å². The van der Waals surface area contributed by atoms with E-state index < -0.39 is 0 Å². The molecule has 16 heavy (non-hydrogen) atoms. The minimum absolute atomic E-state index is 0.393. The van der Waals surface area contributed by atoms with Crippen molar-refractivity contribution in [2.45, 2.75) is 32.7 Å². The number of likely N-dealkylation sites (N-methyl/N-ethyl adjacent to an activating group) is 1. The van der Waals surface area contributed by atoms with Crippen molar-refractivity contribution < 1.29 is 0 Å². The Morgan fingerprint density at radius 3 is 2.75 bits per heavy atom. The van der Waals surface area contributed by atoms with Crippen molar-refractivity contribution in [2.24, 2.45) is 0 Å². The van der Waals surface area contributed by atoms with Crippen LogP contribution in [0.3, 0.4) is 0 Å². The van der Waals surface area contributed by atoms with E-state index in [2.05, 4.69) is 42.1 Å². The Labute approximate surface area is 99.9 Å². The van der Waals surface area contributed by atoms with Gasteiger partial charge in [-0.05, 0) is 27.0 Å². The largest absolute Gasteiger partial charge is 0.317 e. The van der Waals surface area contributed by atoms with E-state index in [1.807, 2.05) is 7.05 Å². The van der Waals surface area contributed by atoms with Crippen LogP contribution in [0.1, 0.15) is 30.3 Å². The first-order valence-electron chi connectivity index (χ1n) is 5.51. The van der Waals surface area contributed by atoms with Gasteiger partial charge in [-0.15, -0.1) is 11.3 Å². The minimum atomic E-state index is 0.393. The lowest BCUT2D eigenvalue weighted by Crippen LogP contribution is -2.27. The highest BCUT2D eigenvalue weighted by Gasteiger charge is 2.17. The van der Waals surface area contributed by atoms with Crippen LogP contribution in [0.15, 0.2) is 12.4 Å². The van der Waals surface area contributed by atoms with Crippen molar-refractivity contribution in [3.63, 3.8) is 0 Å². The molecule has 86 valence electrons. The molecule has 0 saturated carbocycles. The van der Waals surface area contributed by atoms with Crippen LogP contribution >= 0.6 is 11.3 Å². The van der Waals surface area contributed by atoms with E-state index in [0.717, 1.165) is 10.5 Å². The highest BCUT2D eigenvalue weighted by Crippen LogP contribution is 2.29. The zero-order chi connectivity index (χ0) is 11.7. The van der Waals surface area contributed by atoms with Gasteiger partial charge >= 0.3 is 0 Å². The minimum Gasteiger partial charge on any atom is -0.317 e. The summed E-state index contributed by atoms with van der Waals surface area (Å²) in [5.74, 6) is 0.393. The average Bonchev–Trinajstić information content (AvgIpc) is 2.66. The fourth-order valence-electron chi connectivity index (χ4n) is 1.84. The van der Waals surface area contributed by atoms with E-state index in [9.17, 15) is 0 Å². The molecule has 0 radical (unpaired) electrons. The predicted molar refractivity (Wildman–Crippen MR) is 69.1 cm³/mol. The Morgan fingerprint density at radius 2 is 2.06 bits per heavy atom. The van der Waals surface area contributed by atoms with Crippen LogP contribution < -0.4 is 5.32 Å². The molecule has 2 aromatic heterocycles. The van der Waals surface area contributed by atoms with Gasteiger partial charge in [0.05, 0.1) is 5.69 Å². The van der Waals surface area contributed by atoms with E-state index in [-0.39, 0.29) is 0 Å². The highest BCUT2D eigenvalue weighted by atomic mass is 32.1. The number of hydrogen-bond donors (Lipinski definition) is 1. The number of aromatic nitrogens is 2. The molecule has 0 aliphatic carbocycles. The van der Waals surface area contributed by atoms with Gasteiger partial charge in [0.15, 0.2) is 0 Å². The molecule has 0 aliphatic heterocycles. The number of hydrogen-bond acceptors (Lipinski definition) is 4. The molecular formula is C12H17N3S. The Kier molecular flexibility index (Phi) is 3.21. The molecule has 2 heterocycles. The summed E-state index contributed by atoms with van der Waals surface area (Å²) in [6, 6.07) is 2.60. The molecule has 1 N–H and O–H groups in total. The lowest BCUT2D eigenvalue weighted by molar-refractivity contribution is 0.517. The molecule has 0 bridgehead atoms. The summed E-state index contributed by atoms with van der Waals surface area (Å²) < 4.78 is 0. The zero-order valence-corrected chi connectivity index (χ0v) is 10.9. The molecule has 2 aromatic rings. The van der Waals surface area contributed by atoms with Gasteiger partial charge < -0.3 is 5.32 Å². The van der Waals surface area contributed by atoms with Gasteiger partial charge in [0.1, 0.15) is 11.2 Å². The summed E-state index contributed by atoms with van der Waals surface area (Å²) in [5.41, 5.74) is 1.15. The summed E-state index contributed by atoms with van der Waals surface area (Å²) in [4.78, 5) is 11.1. The van der Waals surface area contributed by atoms with Crippen molar-refractivity contribution in [3.05, 3.63) is 23.0 Å². The molecule has 0 aliphatic rings. The maximum Gasteiger partial charge on any atom is 0.127 e. The molecule has 0 spiro atoms. The number of rotatable bonds is 3. The van der Waals surface area contributed by atoms with Crippen LogP contribution in [-0.4, -0.2) is 23.1 Å². The maximum absolute atomic E-state index is 4.44. The van der Waals surface area contributed by atoms with Gasteiger partial charge in [0.25, 0.3) is 0 Å². The lowest BCUT2D eigenvalue weighted by atomic mass is 9.97. The van der Waals surface area contributed by atoms with Crippen molar-refractivity contribution in [1.29, 1.82) is 0 Å². The van der Waals surface area contributed by atoms with Gasteiger partial charge in [-0.25, -0.2) is 9.97 Å². The Morgan fingerprint density at radius 1 is 1.31 bits per heavy atom. The van der Waals surface area contributed by atoms with Crippen molar-refractivity contribution in [1.82, 2.24) is 15.3 Å². The first kappa shape index (κ1) is 11.5. The van der Waals surface area contributed by atoms with Crippen LogP contribution in [0.4, 0.5) is 0 Å². The average molecular weight is 235 g/mol. The SMILES string of the molecule is CNC(C)C(C)c1ncnc2sc(C)cc12. The summed E-state index contributed by atoms with van der Waals surface area (Å²) in [6.07, 6.45) is 1.67. The Balaban J connectivity index is 2.51. The third-order valence-corrected chi connectivity index (χ3v) is 4.08. The quantitative estimate of drug-likeness (QED) is 0.889. The summed E-state index contributed by atoms with van der Waals surface area (Å²) in [6.45, 7) is 6.50. The number of aryl methyl sites for hydroxylation is 1. The van der Waals surface area contributed by atoms with Gasteiger partial charge in [-0.1, -0.05) is 6.92 Å². The number of nitrogens with zero attached hydrogens (tertiary/aromatic N) is 2. The fraction of sp³-hybridized carbons (Fsp3) is 0.500. The number of thiophene rings is 1. The van der Waals surface area contributed by atoms with Crippen LogP contribution in [-0.2, 0) is 0 Å². The van der Waals surface area contributed by atoms with Crippen LogP contribution in [0.25, 0.3) is 10.2 Å². The molecule has 2 unspecified atom stereocenters. The standard InChI is InChI=1S/C12H17N3S/c1-7-5-10-11(8(2)9(3)13-4)14-6-15-12(10)16-7/h5-6,8-9,13H,1-4H3. The fourth-order valence-corrected chi connectivity index (χ4v) is 2.70. The van der Waals surface area contributed by atoms with Gasteiger partial charge in [0.2, 0.25) is 0 Å². The third-order valence-electron chi connectivity index (χ3n) is 3.12. The molecular weight excluding hydrogens is 218 g/mol. The molecule has 0 aromatic carbocycles. The van der Waals surface area contributed by atoms with Crippen molar-refractivity contribution in [3.8, 4) is 0 Å². The molecule has 0 saturated heterocycles. The number of nitrogens with one attached hydrogen (secondary N) is 1. The second-order valence-electron chi connectivity index (χ2n) is 4.20. The van der Waals surface area contributed by atoms with Crippen LogP contribution in [0.2, 0.25) is 0 Å². The number of fused-ring (bicyclic) bond motifs is 1. The molecule has 4 heteroatoms. The summed E-state index contributed by atoms with van der Waals surface area (Å²) in [7, 11) is 1.98. The van der Waals surface area contributed by atoms with Crippen molar-refractivity contribution >= 4 is 21.6 Å². The van der Waals surface area contributed by atoms with Gasteiger partial charge in [0, 0.05) is 22.2 Å². The van der Waals surface area contributed by atoms with Gasteiger partial charge in [-0.2, -0.15) is 0 Å². The van der Waals surface area contributed by atoms with E-state index in [4.69, 9.17) is 0 Å². The topological polar surface area (TPSA) is 37.8 Å². The zero-order valence-electron chi connectivity index (χ0n) is 10.1. The lowest BCUT2D eigenvalue weighted by Gasteiger charge is -2.19. The first-order valence-corrected chi connectivity index (χ1v) is 6.33. The van der Waals surface area contributed by atoms with Gasteiger partial charge in [-0.3, -0.25) is 0 Å². The van der Waals surface area contributed by atoms with Crippen LogP contribution in [0.5, 0.6) is 0 Å². The normalized spacial score (nSPS) is 15.2. The van der Waals surface area contributed by atoms with Crippen molar-refractivity contribution in [2.75, 3.05) is 7.05 Å². The van der Waals surface area contributed by atoms with E-state index >= 15 is 0 Å². The Hall–Kier alpha value is -1.00. The molecule has 0 fully saturated rings. The van der Waals surface area contributed by atoms with Crippen LogP contribution in [0, 0.1) is 6.92 Å². The predicted octanol–water partition coefficient (Wildman–Crippen LogP) is 2.71. The summed E-state index contributed by atoms with van der Waals surface area (Å²) >= 11 is 1.73. The smallest absolute Gasteiger partial charge is 0.127 e. The Bertz CT molecular complexity index is 492. The second kappa shape index (κ2) is 4.47. The molecule has 0 amide bonds. The van der Waals surface area contributed by atoms with E-state index in [0.29, 0.717) is 12.0 Å². The third kappa shape index (κ3) is 1.95. The summed E-state index contributed by atoms with van der Waals surface area (Å²) in [5, 5.41) is 4.49. The highest BCUT2D eigenvalue weighted by molar-refractivity contribution is 7.18. The van der Waals surface area contributed by atoms with E-state index in [1.54, 1.807) is 17.7 Å². The maximum atomic E-state index is 4.44. The molecule has 2 rings (SSSR count). The monoisotopic (exact) mass is 235 g/mol. The second-order valence-corrected chi connectivity index (χ2v) is 5.44. The molecule has 2 atom stereocenters. The first-order chi connectivity index (χ1) is 7.63. The molecule has 3 nitrogen and oxygen atoms in total.